The Bertz CT molecular complexity index is 554. The lowest BCUT2D eigenvalue weighted by atomic mass is 10.3. The third-order valence-corrected chi connectivity index (χ3v) is 5.73. The molecule has 1 amide bonds. The third kappa shape index (κ3) is 7.80. The van der Waals surface area contributed by atoms with Gasteiger partial charge >= 0.3 is 0 Å². The summed E-state index contributed by atoms with van der Waals surface area (Å²) in [4.78, 5) is 12.4. The molecule has 8 heteroatoms. The second-order valence-electron chi connectivity index (χ2n) is 4.81. The van der Waals surface area contributed by atoms with Crippen molar-refractivity contribution < 1.29 is 17.9 Å². The maximum absolute atomic E-state index is 11.7. The number of carbonyl (C=O) groups excluding carboxylic acids is 1. The molecule has 0 aliphatic carbocycles. The first-order valence-electron chi connectivity index (χ1n) is 6.70. The molecule has 21 heavy (non-hydrogen) atoms. The summed E-state index contributed by atoms with van der Waals surface area (Å²) in [5, 5.41) is 2.80. The second kappa shape index (κ2) is 8.73. The van der Waals surface area contributed by atoms with Crippen molar-refractivity contribution in [1.29, 1.82) is 0 Å². The minimum Gasteiger partial charge on any atom is -0.379 e. The number of nitrogens with one attached hydrogen (secondary N) is 1. The fourth-order valence-corrected chi connectivity index (χ4v) is 3.70. The topological polar surface area (TPSA) is 72.5 Å². The first kappa shape index (κ1) is 18.4. The van der Waals surface area contributed by atoms with E-state index in [2.05, 4.69) is 5.32 Å². The van der Waals surface area contributed by atoms with Gasteiger partial charge in [0.2, 0.25) is 5.91 Å². The van der Waals surface area contributed by atoms with Crippen molar-refractivity contribution in [2.75, 3.05) is 13.2 Å². The van der Waals surface area contributed by atoms with Crippen molar-refractivity contribution in [1.82, 2.24) is 5.32 Å². The average Bonchev–Trinajstić information content (AvgIpc) is 2.81. The Hall–Kier alpha value is -0.630. The predicted molar refractivity (Wildman–Crippen MR) is 84.4 cm³/mol. The van der Waals surface area contributed by atoms with E-state index >= 15 is 0 Å². The summed E-state index contributed by atoms with van der Waals surface area (Å²) < 4.78 is 27.7. The molecule has 0 aromatic carbocycles. The molecule has 0 saturated carbocycles. The standard InChI is InChI=1S/C13H20ClNO4S2/c1-10(2)19-8-4-3-7-15-12(16)9-11-5-6-13(20-11)21(14,17)18/h5-6,10H,3-4,7-9H2,1-2H3,(H,15,16). The molecule has 1 aromatic rings. The van der Waals surface area contributed by atoms with E-state index in [1.165, 1.54) is 6.07 Å². The van der Waals surface area contributed by atoms with Gasteiger partial charge in [-0.25, -0.2) is 8.42 Å². The van der Waals surface area contributed by atoms with Gasteiger partial charge in [-0.3, -0.25) is 4.79 Å². The van der Waals surface area contributed by atoms with Crippen molar-refractivity contribution in [2.45, 2.75) is 43.4 Å². The SMILES string of the molecule is CC(C)OCCCCNC(=O)Cc1ccc(S(=O)(=O)Cl)s1. The molecule has 1 rings (SSSR count). The maximum Gasteiger partial charge on any atom is 0.270 e. The number of ether oxygens (including phenoxy) is 1. The minimum atomic E-state index is -3.71. The zero-order valence-corrected chi connectivity index (χ0v) is 14.5. The Morgan fingerprint density at radius 1 is 1.38 bits per heavy atom. The fraction of sp³-hybridized carbons (Fsp3) is 0.615. The molecule has 5 nitrogen and oxygen atoms in total. The summed E-state index contributed by atoms with van der Waals surface area (Å²) in [5.74, 6) is -0.125. The van der Waals surface area contributed by atoms with Crippen molar-refractivity contribution in [3.05, 3.63) is 17.0 Å². The molecule has 1 N–H and O–H groups in total. The highest BCUT2D eigenvalue weighted by Gasteiger charge is 2.14. The molecule has 0 aliphatic heterocycles. The highest BCUT2D eigenvalue weighted by molar-refractivity contribution is 8.15. The number of hydrogen-bond donors (Lipinski definition) is 1. The Morgan fingerprint density at radius 3 is 2.67 bits per heavy atom. The van der Waals surface area contributed by atoms with Gasteiger partial charge in [0, 0.05) is 28.7 Å². The molecule has 1 aromatic heterocycles. The van der Waals surface area contributed by atoms with Crippen LogP contribution in [-0.4, -0.2) is 33.6 Å². The zero-order valence-electron chi connectivity index (χ0n) is 12.1. The number of amides is 1. The summed E-state index contributed by atoms with van der Waals surface area (Å²) >= 11 is 1.02. The van der Waals surface area contributed by atoms with Gasteiger partial charge in [0.25, 0.3) is 9.05 Å². The Labute approximate surface area is 134 Å². The Kier molecular flexibility index (Phi) is 7.65. The van der Waals surface area contributed by atoms with Gasteiger partial charge in [-0.05, 0) is 38.8 Å². The quantitative estimate of drug-likeness (QED) is 0.547. The molecule has 120 valence electrons. The van der Waals surface area contributed by atoms with Crippen LogP contribution in [0.25, 0.3) is 0 Å². The molecule has 0 unspecified atom stereocenters. The van der Waals surface area contributed by atoms with Crippen molar-refractivity contribution in [3.8, 4) is 0 Å². The van der Waals surface area contributed by atoms with Crippen LogP contribution in [0, 0.1) is 0 Å². The van der Waals surface area contributed by atoms with Gasteiger partial charge in [-0.1, -0.05) is 0 Å². The molecule has 0 radical (unpaired) electrons. The summed E-state index contributed by atoms with van der Waals surface area (Å²) in [7, 11) is 1.53. The number of unbranched alkanes of at least 4 members (excludes halogenated alkanes) is 1. The lowest BCUT2D eigenvalue weighted by Crippen LogP contribution is -2.26. The molecule has 0 bridgehead atoms. The molecule has 0 saturated heterocycles. The number of halogens is 1. The molecular formula is C13H20ClNO4S2. The number of hydrogen-bond acceptors (Lipinski definition) is 5. The van der Waals surface area contributed by atoms with Gasteiger partial charge in [-0.15, -0.1) is 11.3 Å². The maximum atomic E-state index is 11.7. The number of rotatable bonds is 9. The van der Waals surface area contributed by atoms with Crippen LogP contribution in [0.1, 0.15) is 31.6 Å². The van der Waals surface area contributed by atoms with Gasteiger partial charge < -0.3 is 10.1 Å². The largest absolute Gasteiger partial charge is 0.379 e. The predicted octanol–water partition coefficient (Wildman–Crippen LogP) is 2.54. The van der Waals surface area contributed by atoms with E-state index in [4.69, 9.17) is 15.4 Å². The van der Waals surface area contributed by atoms with Crippen molar-refractivity contribution in [2.24, 2.45) is 0 Å². The van der Waals surface area contributed by atoms with Crippen LogP contribution >= 0.6 is 22.0 Å². The number of carbonyl (C=O) groups is 1. The van der Waals surface area contributed by atoms with E-state index in [0.29, 0.717) is 18.0 Å². The smallest absolute Gasteiger partial charge is 0.270 e. The molecule has 0 atom stereocenters. The second-order valence-corrected chi connectivity index (χ2v) is 8.77. The minimum absolute atomic E-state index is 0.0674. The lowest BCUT2D eigenvalue weighted by Gasteiger charge is -2.07. The molecule has 0 fully saturated rings. The van der Waals surface area contributed by atoms with Crippen LogP contribution in [0.5, 0.6) is 0 Å². The Balaban J connectivity index is 2.24. The van der Waals surface area contributed by atoms with Gasteiger partial charge in [-0.2, -0.15) is 0 Å². The van der Waals surface area contributed by atoms with Gasteiger partial charge in [0.05, 0.1) is 12.5 Å². The molecular weight excluding hydrogens is 334 g/mol. The Morgan fingerprint density at radius 2 is 2.10 bits per heavy atom. The molecule has 0 spiro atoms. The summed E-state index contributed by atoms with van der Waals surface area (Å²) in [6, 6.07) is 3.02. The molecule has 1 heterocycles. The monoisotopic (exact) mass is 353 g/mol. The highest BCUT2D eigenvalue weighted by Crippen LogP contribution is 2.24. The van der Waals surface area contributed by atoms with E-state index in [1.54, 1.807) is 6.07 Å². The van der Waals surface area contributed by atoms with Gasteiger partial charge in [0.1, 0.15) is 4.21 Å². The van der Waals surface area contributed by atoms with Crippen LogP contribution in [0.3, 0.4) is 0 Å². The lowest BCUT2D eigenvalue weighted by molar-refractivity contribution is -0.120. The summed E-state index contributed by atoms with van der Waals surface area (Å²) in [6.07, 6.45) is 2.14. The van der Waals surface area contributed by atoms with Gasteiger partial charge in [0.15, 0.2) is 0 Å². The van der Waals surface area contributed by atoms with E-state index in [0.717, 1.165) is 24.2 Å². The van der Waals surface area contributed by atoms with Crippen LogP contribution in [0.15, 0.2) is 16.3 Å². The fourth-order valence-electron chi connectivity index (χ4n) is 1.58. The van der Waals surface area contributed by atoms with Crippen LogP contribution in [0.4, 0.5) is 0 Å². The first-order chi connectivity index (χ1) is 9.79. The zero-order chi connectivity index (χ0) is 15.9. The normalized spacial score (nSPS) is 11.8. The number of thiophene rings is 1. The summed E-state index contributed by atoms with van der Waals surface area (Å²) in [6.45, 7) is 5.25. The average molecular weight is 354 g/mol. The van der Waals surface area contributed by atoms with Crippen molar-refractivity contribution >= 4 is 37.0 Å². The van der Waals surface area contributed by atoms with Crippen LogP contribution in [-0.2, 0) is 25.0 Å². The van der Waals surface area contributed by atoms with Crippen LogP contribution < -0.4 is 5.32 Å². The molecule has 0 aliphatic rings. The summed E-state index contributed by atoms with van der Waals surface area (Å²) in [5.41, 5.74) is 0. The highest BCUT2D eigenvalue weighted by atomic mass is 35.7. The van der Waals surface area contributed by atoms with E-state index < -0.39 is 9.05 Å². The first-order valence-corrected chi connectivity index (χ1v) is 9.83. The van der Waals surface area contributed by atoms with E-state index in [-0.39, 0.29) is 22.6 Å². The van der Waals surface area contributed by atoms with E-state index in [1.807, 2.05) is 13.8 Å². The third-order valence-electron chi connectivity index (χ3n) is 2.56. The van der Waals surface area contributed by atoms with Crippen LogP contribution in [0.2, 0.25) is 0 Å². The van der Waals surface area contributed by atoms with E-state index in [9.17, 15) is 13.2 Å². The van der Waals surface area contributed by atoms with Crippen molar-refractivity contribution in [3.63, 3.8) is 0 Å².